The number of fused-ring (bicyclic) bond motifs is 1. The zero-order valence-electron chi connectivity index (χ0n) is 9.39. The summed E-state index contributed by atoms with van der Waals surface area (Å²) in [6.07, 6.45) is 7.60. The summed E-state index contributed by atoms with van der Waals surface area (Å²) in [7, 11) is 0. The maximum atomic E-state index is 9.06. The number of aryl methyl sites for hydroxylation is 1. The Morgan fingerprint density at radius 1 is 1.44 bits per heavy atom. The number of benzene rings is 1. The van der Waals surface area contributed by atoms with Crippen LogP contribution in [0.15, 0.2) is 24.3 Å². The lowest BCUT2D eigenvalue weighted by atomic mass is 10.1. The number of aliphatic hydroxyl groups excluding tert-OH is 1. The standard InChI is InChI=1S/C14H17NO/c1-2-9-15(10-11-16)14-8-7-12-5-3-4-6-13(12)14/h1,3-6,14,16H,7-11H2. The second-order valence-corrected chi connectivity index (χ2v) is 4.15. The van der Waals surface area contributed by atoms with Gasteiger partial charge < -0.3 is 5.11 Å². The topological polar surface area (TPSA) is 23.5 Å². The third-order valence-electron chi connectivity index (χ3n) is 3.22. The van der Waals surface area contributed by atoms with E-state index in [9.17, 15) is 0 Å². The molecule has 0 heterocycles. The summed E-state index contributed by atoms with van der Waals surface area (Å²) in [5.74, 6) is 2.68. The van der Waals surface area contributed by atoms with Crippen molar-refractivity contribution in [2.24, 2.45) is 0 Å². The maximum Gasteiger partial charge on any atom is 0.0605 e. The molecule has 1 atom stereocenters. The lowest BCUT2D eigenvalue weighted by Crippen LogP contribution is -2.30. The third kappa shape index (κ3) is 2.11. The molecule has 1 unspecified atom stereocenters. The summed E-state index contributed by atoms with van der Waals surface area (Å²) in [5.41, 5.74) is 2.80. The van der Waals surface area contributed by atoms with Gasteiger partial charge in [-0.2, -0.15) is 0 Å². The van der Waals surface area contributed by atoms with E-state index in [4.69, 9.17) is 11.5 Å². The zero-order chi connectivity index (χ0) is 11.4. The van der Waals surface area contributed by atoms with Crippen LogP contribution in [0, 0.1) is 12.3 Å². The molecule has 0 radical (unpaired) electrons. The van der Waals surface area contributed by atoms with Crippen LogP contribution >= 0.6 is 0 Å². The highest BCUT2D eigenvalue weighted by Gasteiger charge is 2.26. The Bertz CT molecular complexity index is 394. The first kappa shape index (κ1) is 11.2. The van der Waals surface area contributed by atoms with Gasteiger partial charge in [0.25, 0.3) is 0 Å². The van der Waals surface area contributed by atoms with E-state index in [0.717, 1.165) is 12.8 Å². The summed E-state index contributed by atoms with van der Waals surface area (Å²) < 4.78 is 0. The van der Waals surface area contributed by atoms with Gasteiger partial charge in [0.2, 0.25) is 0 Å². The largest absolute Gasteiger partial charge is 0.395 e. The maximum absolute atomic E-state index is 9.06. The Labute approximate surface area is 96.9 Å². The number of rotatable bonds is 4. The van der Waals surface area contributed by atoms with Crippen molar-refractivity contribution in [2.75, 3.05) is 19.7 Å². The van der Waals surface area contributed by atoms with Crippen molar-refractivity contribution in [3.63, 3.8) is 0 Å². The van der Waals surface area contributed by atoms with Crippen LogP contribution in [0.3, 0.4) is 0 Å². The van der Waals surface area contributed by atoms with Crippen molar-refractivity contribution in [2.45, 2.75) is 18.9 Å². The van der Waals surface area contributed by atoms with Crippen LogP contribution in [0.4, 0.5) is 0 Å². The van der Waals surface area contributed by atoms with Crippen molar-refractivity contribution in [3.8, 4) is 12.3 Å². The quantitative estimate of drug-likeness (QED) is 0.771. The third-order valence-corrected chi connectivity index (χ3v) is 3.22. The molecule has 2 rings (SSSR count). The van der Waals surface area contributed by atoms with Crippen LogP contribution in [-0.2, 0) is 6.42 Å². The first-order valence-electron chi connectivity index (χ1n) is 5.73. The molecule has 0 bridgehead atoms. The molecule has 84 valence electrons. The van der Waals surface area contributed by atoms with E-state index in [0.29, 0.717) is 19.1 Å². The Morgan fingerprint density at radius 2 is 2.25 bits per heavy atom. The fourth-order valence-corrected chi connectivity index (χ4v) is 2.50. The minimum atomic E-state index is 0.167. The highest BCUT2D eigenvalue weighted by Crippen LogP contribution is 2.35. The minimum Gasteiger partial charge on any atom is -0.395 e. The highest BCUT2D eigenvalue weighted by atomic mass is 16.3. The van der Waals surface area contributed by atoms with Crippen LogP contribution in [0.5, 0.6) is 0 Å². The van der Waals surface area contributed by atoms with Gasteiger partial charge in [0.1, 0.15) is 0 Å². The molecule has 0 amide bonds. The molecule has 1 aromatic rings. The predicted octanol–water partition coefficient (Wildman–Crippen LogP) is 1.60. The van der Waals surface area contributed by atoms with Gasteiger partial charge in [-0.3, -0.25) is 4.90 Å². The van der Waals surface area contributed by atoms with Gasteiger partial charge in [0.15, 0.2) is 0 Å². The average Bonchev–Trinajstić information content (AvgIpc) is 2.72. The molecule has 0 fully saturated rings. The van der Waals surface area contributed by atoms with Gasteiger partial charge in [-0.1, -0.05) is 30.2 Å². The van der Waals surface area contributed by atoms with Crippen LogP contribution in [0.1, 0.15) is 23.6 Å². The van der Waals surface area contributed by atoms with Gasteiger partial charge in [0.05, 0.1) is 13.2 Å². The Kier molecular flexibility index (Phi) is 3.61. The Balaban J connectivity index is 2.19. The smallest absolute Gasteiger partial charge is 0.0605 e. The van der Waals surface area contributed by atoms with Crippen LogP contribution in [0.2, 0.25) is 0 Å². The van der Waals surface area contributed by atoms with E-state index in [1.54, 1.807) is 0 Å². The number of nitrogens with zero attached hydrogens (tertiary/aromatic N) is 1. The monoisotopic (exact) mass is 215 g/mol. The lowest BCUT2D eigenvalue weighted by Gasteiger charge is -2.26. The average molecular weight is 215 g/mol. The Hall–Kier alpha value is -1.30. The molecule has 0 aliphatic heterocycles. The van der Waals surface area contributed by atoms with E-state index in [1.807, 2.05) is 0 Å². The van der Waals surface area contributed by atoms with Crippen LogP contribution < -0.4 is 0 Å². The molecule has 0 saturated heterocycles. The summed E-state index contributed by atoms with van der Waals surface area (Å²) >= 11 is 0. The second kappa shape index (κ2) is 5.16. The van der Waals surface area contributed by atoms with E-state index in [2.05, 4.69) is 35.1 Å². The molecule has 0 spiro atoms. The van der Waals surface area contributed by atoms with Gasteiger partial charge in [0, 0.05) is 12.6 Å². The first-order chi connectivity index (χ1) is 7.86. The fraction of sp³-hybridized carbons (Fsp3) is 0.429. The van der Waals surface area contributed by atoms with Crippen molar-refractivity contribution >= 4 is 0 Å². The summed E-state index contributed by atoms with van der Waals surface area (Å²) in [4.78, 5) is 2.19. The SMILES string of the molecule is C#CCN(CCO)C1CCc2ccccc21. The van der Waals surface area contributed by atoms with Crippen molar-refractivity contribution in [1.82, 2.24) is 4.90 Å². The first-order valence-corrected chi connectivity index (χ1v) is 5.73. The molecule has 1 aliphatic carbocycles. The van der Waals surface area contributed by atoms with Crippen LogP contribution in [0.25, 0.3) is 0 Å². The van der Waals surface area contributed by atoms with E-state index in [-0.39, 0.29) is 6.61 Å². The van der Waals surface area contributed by atoms with Crippen molar-refractivity contribution in [1.29, 1.82) is 0 Å². The molecule has 2 nitrogen and oxygen atoms in total. The summed E-state index contributed by atoms with van der Waals surface area (Å²) in [6, 6.07) is 8.90. The number of terminal acetylenes is 1. The number of hydrogen-bond acceptors (Lipinski definition) is 2. The molecular weight excluding hydrogens is 198 g/mol. The molecule has 1 aliphatic rings. The van der Waals surface area contributed by atoms with Gasteiger partial charge in [-0.15, -0.1) is 6.42 Å². The molecule has 0 aromatic heterocycles. The summed E-state index contributed by atoms with van der Waals surface area (Å²) in [5, 5.41) is 9.06. The molecule has 1 N–H and O–H groups in total. The zero-order valence-corrected chi connectivity index (χ0v) is 9.39. The molecular formula is C14H17NO. The van der Waals surface area contributed by atoms with Gasteiger partial charge >= 0.3 is 0 Å². The molecule has 0 saturated carbocycles. The molecule has 2 heteroatoms. The lowest BCUT2D eigenvalue weighted by molar-refractivity contribution is 0.166. The van der Waals surface area contributed by atoms with E-state index in [1.165, 1.54) is 11.1 Å². The highest BCUT2D eigenvalue weighted by molar-refractivity contribution is 5.34. The van der Waals surface area contributed by atoms with Gasteiger partial charge in [-0.05, 0) is 24.0 Å². The summed E-state index contributed by atoms with van der Waals surface area (Å²) in [6.45, 7) is 1.43. The van der Waals surface area contributed by atoms with Crippen molar-refractivity contribution in [3.05, 3.63) is 35.4 Å². The van der Waals surface area contributed by atoms with Gasteiger partial charge in [-0.25, -0.2) is 0 Å². The van der Waals surface area contributed by atoms with Crippen molar-refractivity contribution < 1.29 is 5.11 Å². The van der Waals surface area contributed by atoms with E-state index < -0.39 is 0 Å². The van der Waals surface area contributed by atoms with E-state index >= 15 is 0 Å². The predicted molar refractivity (Wildman–Crippen MR) is 65.0 cm³/mol. The number of aliphatic hydroxyl groups is 1. The normalized spacial score (nSPS) is 18.4. The van der Waals surface area contributed by atoms with Crippen LogP contribution in [-0.4, -0.2) is 29.7 Å². The minimum absolute atomic E-state index is 0.167. The molecule has 16 heavy (non-hydrogen) atoms. The molecule has 1 aromatic carbocycles. The second-order valence-electron chi connectivity index (χ2n) is 4.15. The Morgan fingerprint density at radius 3 is 3.00 bits per heavy atom. The fourth-order valence-electron chi connectivity index (χ4n) is 2.50. The number of hydrogen-bond donors (Lipinski definition) is 1.